The number of imide groups is 1. The molecule has 0 spiro atoms. The Balaban J connectivity index is 1.53. The fourth-order valence-electron chi connectivity index (χ4n) is 4.70. The average molecular weight is 374 g/mol. The highest BCUT2D eigenvalue weighted by Crippen LogP contribution is 2.47. The fourth-order valence-corrected chi connectivity index (χ4v) is 4.70. The van der Waals surface area contributed by atoms with E-state index in [0.29, 0.717) is 18.2 Å². The maximum absolute atomic E-state index is 11.9. The largest absolute Gasteiger partial charge is 0.493 e. The maximum atomic E-state index is 11.9. The second kappa shape index (κ2) is 7.29. The number of carbonyl (C=O) groups excluding carboxylic acids is 2. The van der Waals surface area contributed by atoms with Gasteiger partial charge in [0.2, 0.25) is 0 Å². The molecular weight excluding hydrogens is 348 g/mol. The predicted molar refractivity (Wildman–Crippen MR) is 98.1 cm³/mol. The highest BCUT2D eigenvalue weighted by molar-refractivity contribution is 5.91. The molecule has 4 rings (SSSR count). The first-order chi connectivity index (χ1) is 13.1. The number of ether oxygens (including phenoxy) is 3. The van der Waals surface area contributed by atoms with Crippen molar-refractivity contribution in [1.82, 2.24) is 10.2 Å². The molecule has 2 aliphatic carbocycles. The Morgan fingerprint density at radius 2 is 2.04 bits per heavy atom. The lowest BCUT2D eigenvalue weighted by molar-refractivity contribution is 0.121. The van der Waals surface area contributed by atoms with Gasteiger partial charge in [0.1, 0.15) is 6.10 Å². The Bertz CT molecular complexity index is 729. The summed E-state index contributed by atoms with van der Waals surface area (Å²) in [7, 11) is 2.91. The van der Waals surface area contributed by atoms with Gasteiger partial charge in [0, 0.05) is 19.0 Å². The van der Waals surface area contributed by atoms with Crippen molar-refractivity contribution in [3.63, 3.8) is 0 Å². The van der Waals surface area contributed by atoms with E-state index in [2.05, 4.69) is 5.32 Å². The van der Waals surface area contributed by atoms with Crippen LogP contribution < -0.4 is 14.8 Å². The van der Waals surface area contributed by atoms with E-state index in [1.54, 1.807) is 7.11 Å². The van der Waals surface area contributed by atoms with Gasteiger partial charge in [-0.1, -0.05) is 6.07 Å². The van der Waals surface area contributed by atoms with E-state index in [1.165, 1.54) is 26.4 Å². The molecule has 2 saturated carbocycles. The van der Waals surface area contributed by atoms with Crippen molar-refractivity contribution in [2.45, 2.75) is 37.7 Å². The van der Waals surface area contributed by atoms with Crippen molar-refractivity contribution in [1.29, 1.82) is 0 Å². The second-order valence-corrected chi connectivity index (χ2v) is 7.71. The van der Waals surface area contributed by atoms with Crippen molar-refractivity contribution in [2.75, 3.05) is 27.3 Å². The van der Waals surface area contributed by atoms with Gasteiger partial charge in [0.05, 0.1) is 14.2 Å². The molecule has 4 unspecified atom stereocenters. The van der Waals surface area contributed by atoms with Crippen molar-refractivity contribution in [3.05, 3.63) is 23.8 Å². The van der Waals surface area contributed by atoms with Gasteiger partial charge in [-0.2, -0.15) is 0 Å². The minimum atomic E-state index is -0.649. The predicted octanol–water partition coefficient (Wildman–Crippen LogP) is 3.14. The van der Waals surface area contributed by atoms with Gasteiger partial charge in [-0.05, 0) is 55.2 Å². The van der Waals surface area contributed by atoms with Crippen LogP contribution in [0.1, 0.15) is 37.2 Å². The summed E-state index contributed by atoms with van der Waals surface area (Å²) in [5.74, 6) is 2.87. The highest BCUT2D eigenvalue weighted by atomic mass is 16.5. The molecule has 1 aliphatic heterocycles. The van der Waals surface area contributed by atoms with Crippen molar-refractivity contribution in [2.24, 2.45) is 11.8 Å². The van der Waals surface area contributed by atoms with Crippen LogP contribution in [-0.2, 0) is 4.74 Å². The zero-order valence-electron chi connectivity index (χ0n) is 15.8. The maximum Gasteiger partial charge on any atom is 0.417 e. The number of nitrogens with zero attached hydrogens (tertiary/aromatic N) is 1. The number of methoxy groups -OCH3 is 2. The van der Waals surface area contributed by atoms with Crippen LogP contribution in [-0.4, -0.2) is 50.4 Å². The molecule has 1 N–H and O–H groups in total. The lowest BCUT2D eigenvalue weighted by Gasteiger charge is -2.31. The van der Waals surface area contributed by atoms with Crippen LogP contribution in [0.25, 0.3) is 0 Å². The van der Waals surface area contributed by atoms with Gasteiger partial charge < -0.3 is 19.5 Å². The van der Waals surface area contributed by atoms with E-state index in [4.69, 9.17) is 14.2 Å². The van der Waals surface area contributed by atoms with Gasteiger partial charge >= 0.3 is 12.1 Å². The minimum Gasteiger partial charge on any atom is -0.493 e. The Kier molecular flexibility index (Phi) is 4.85. The SMILES string of the molecule is COC(=O)N1CC(c2ccc(OC)c(OC3CC4CCC3C4)c2)CNC1=O. The molecule has 1 aromatic carbocycles. The number of benzene rings is 1. The summed E-state index contributed by atoms with van der Waals surface area (Å²) in [6, 6.07) is 5.42. The van der Waals surface area contributed by atoms with Crippen LogP contribution in [0, 0.1) is 11.8 Å². The van der Waals surface area contributed by atoms with Crippen LogP contribution >= 0.6 is 0 Å². The molecule has 4 atom stereocenters. The number of hydrogen-bond acceptors (Lipinski definition) is 5. The first kappa shape index (κ1) is 17.9. The number of nitrogens with one attached hydrogen (secondary N) is 1. The van der Waals surface area contributed by atoms with Crippen LogP contribution in [0.3, 0.4) is 0 Å². The molecule has 146 valence electrons. The van der Waals surface area contributed by atoms with E-state index >= 15 is 0 Å². The molecule has 0 aromatic heterocycles. The van der Waals surface area contributed by atoms with E-state index < -0.39 is 12.1 Å². The lowest BCUT2D eigenvalue weighted by Crippen LogP contribution is -2.52. The zero-order chi connectivity index (χ0) is 19.0. The van der Waals surface area contributed by atoms with Crippen LogP contribution in [0.2, 0.25) is 0 Å². The molecule has 2 bridgehead atoms. The van der Waals surface area contributed by atoms with E-state index in [9.17, 15) is 9.59 Å². The number of fused-ring (bicyclic) bond motifs is 2. The van der Waals surface area contributed by atoms with Crippen LogP contribution in [0.4, 0.5) is 9.59 Å². The number of amides is 3. The van der Waals surface area contributed by atoms with Crippen LogP contribution in [0.15, 0.2) is 18.2 Å². The first-order valence-corrected chi connectivity index (χ1v) is 9.57. The monoisotopic (exact) mass is 374 g/mol. The quantitative estimate of drug-likeness (QED) is 0.876. The van der Waals surface area contributed by atoms with Gasteiger partial charge in [-0.25, -0.2) is 14.5 Å². The third-order valence-corrected chi connectivity index (χ3v) is 6.15. The van der Waals surface area contributed by atoms with Gasteiger partial charge in [-0.15, -0.1) is 0 Å². The number of hydrogen-bond donors (Lipinski definition) is 1. The summed E-state index contributed by atoms with van der Waals surface area (Å²) >= 11 is 0. The second-order valence-electron chi connectivity index (χ2n) is 7.71. The number of rotatable bonds is 4. The number of urea groups is 1. The Morgan fingerprint density at radius 1 is 1.19 bits per heavy atom. The van der Waals surface area contributed by atoms with Gasteiger partial charge in [0.25, 0.3) is 0 Å². The molecule has 1 saturated heterocycles. The Labute approximate surface area is 158 Å². The Hall–Kier alpha value is -2.44. The summed E-state index contributed by atoms with van der Waals surface area (Å²) in [6.07, 6.45) is 4.57. The minimum absolute atomic E-state index is 0.0323. The van der Waals surface area contributed by atoms with Crippen molar-refractivity contribution in [3.8, 4) is 11.5 Å². The van der Waals surface area contributed by atoms with E-state index in [0.717, 1.165) is 28.6 Å². The molecule has 1 heterocycles. The standard InChI is InChI=1S/C20H26N2O5/c1-25-16-6-5-13(15-10-21-19(23)22(11-15)20(24)26-2)9-18(16)27-17-8-12-3-4-14(17)7-12/h5-6,9,12,14-15,17H,3-4,7-8,10-11H2,1-2H3,(H,21,23). The van der Waals surface area contributed by atoms with E-state index in [1.807, 2.05) is 18.2 Å². The Morgan fingerprint density at radius 3 is 2.70 bits per heavy atom. The smallest absolute Gasteiger partial charge is 0.417 e. The van der Waals surface area contributed by atoms with Crippen molar-refractivity contribution < 1.29 is 23.8 Å². The molecule has 7 nitrogen and oxygen atoms in total. The first-order valence-electron chi connectivity index (χ1n) is 9.57. The topological polar surface area (TPSA) is 77.1 Å². The molecule has 3 aliphatic rings. The summed E-state index contributed by atoms with van der Waals surface area (Å²) in [6.45, 7) is 0.741. The third-order valence-electron chi connectivity index (χ3n) is 6.15. The molecule has 7 heteroatoms. The zero-order valence-corrected chi connectivity index (χ0v) is 15.8. The molecule has 3 fully saturated rings. The molecule has 0 radical (unpaired) electrons. The fraction of sp³-hybridized carbons (Fsp3) is 0.600. The normalized spacial score (nSPS) is 29.4. The lowest BCUT2D eigenvalue weighted by atomic mass is 9.96. The van der Waals surface area contributed by atoms with Gasteiger partial charge in [-0.3, -0.25) is 0 Å². The molecular formula is C20H26N2O5. The van der Waals surface area contributed by atoms with E-state index in [-0.39, 0.29) is 18.6 Å². The molecule has 3 amide bonds. The third kappa shape index (κ3) is 3.42. The summed E-state index contributed by atoms with van der Waals surface area (Å²) in [5, 5.41) is 2.75. The van der Waals surface area contributed by atoms with Gasteiger partial charge in [0.15, 0.2) is 11.5 Å². The molecule has 1 aromatic rings. The summed E-state index contributed by atoms with van der Waals surface area (Å²) < 4.78 is 16.6. The van der Waals surface area contributed by atoms with Crippen molar-refractivity contribution >= 4 is 12.1 Å². The average Bonchev–Trinajstić information content (AvgIpc) is 3.31. The van der Waals surface area contributed by atoms with Crippen LogP contribution in [0.5, 0.6) is 11.5 Å². The summed E-state index contributed by atoms with van der Waals surface area (Å²) in [4.78, 5) is 24.8. The summed E-state index contributed by atoms with van der Waals surface area (Å²) in [5.41, 5.74) is 1.00. The number of carbonyl (C=O) groups is 2. The molecule has 27 heavy (non-hydrogen) atoms. The highest BCUT2D eigenvalue weighted by Gasteiger charge is 2.41.